The van der Waals surface area contributed by atoms with Crippen LogP contribution in [-0.4, -0.2) is 22.8 Å². The van der Waals surface area contributed by atoms with Gasteiger partial charge in [-0.05, 0) is 40.4 Å². The lowest BCUT2D eigenvalue weighted by Gasteiger charge is -2.24. The summed E-state index contributed by atoms with van der Waals surface area (Å²) in [6.07, 6.45) is 3.25. The lowest BCUT2D eigenvalue weighted by atomic mass is 10.2. The molecule has 2 aromatic heterocycles. The van der Waals surface area contributed by atoms with Gasteiger partial charge in [0.15, 0.2) is 0 Å². The van der Waals surface area contributed by atoms with Crippen LogP contribution in [0.25, 0.3) is 0 Å². The molecule has 2 heterocycles. The molecule has 94 valence electrons. The number of hydrogen-bond acceptors (Lipinski definition) is 3. The maximum Gasteiger partial charge on any atom is 0.255 e. The number of carbonyl (C=O) groups is 1. The number of hydrogen-bond donors (Lipinski definition) is 0. The van der Waals surface area contributed by atoms with E-state index < -0.39 is 0 Å². The largest absolute Gasteiger partial charge is 0.334 e. The fourth-order valence-corrected chi connectivity index (χ4v) is 2.82. The van der Waals surface area contributed by atoms with Crippen LogP contribution in [0.5, 0.6) is 0 Å². The van der Waals surface area contributed by atoms with Gasteiger partial charge in [0.25, 0.3) is 5.91 Å². The van der Waals surface area contributed by atoms with Gasteiger partial charge in [-0.1, -0.05) is 6.07 Å². The van der Waals surface area contributed by atoms with Crippen molar-refractivity contribution in [3.63, 3.8) is 0 Å². The third kappa shape index (κ3) is 2.79. The number of rotatable bonds is 3. The first kappa shape index (κ1) is 13.2. The van der Waals surface area contributed by atoms with Crippen molar-refractivity contribution in [1.29, 1.82) is 0 Å². The van der Waals surface area contributed by atoms with Crippen molar-refractivity contribution in [1.82, 2.24) is 9.88 Å². The van der Waals surface area contributed by atoms with E-state index in [1.54, 1.807) is 34.7 Å². The number of amides is 1. The van der Waals surface area contributed by atoms with E-state index in [9.17, 15) is 4.79 Å². The Labute approximate surface area is 119 Å². The van der Waals surface area contributed by atoms with E-state index >= 15 is 0 Å². The number of pyridine rings is 1. The highest BCUT2D eigenvalue weighted by molar-refractivity contribution is 9.10. The molecule has 5 heteroatoms. The van der Waals surface area contributed by atoms with Crippen LogP contribution in [0, 0.1) is 0 Å². The van der Waals surface area contributed by atoms with Gasteiger partial charge in [-0.2, -0.15) is 0 Å². The fourth-order valence-electron chi connectivity index (χ4n) is 1.63. The average Bonchev–Trinajstić information content (AvgIpc) is 2.90. The number of thiophene rings is 1. The number of nitrogens with zero attached hydrogens (tertiary/aromatic N) is 2. The van der Waals surface area contributed by atoms with Gasteiger partial charge < -0.3 is 4.90 Å². The molecule has 0 unspecified atom stereocenters. The van der Waals surface area contributed by atoms with E-state index in [4.69, 9.17) is 0 Å². The van der Waals surface area contributed by atoms with Crippen molar-refractivity contribution >= 4 is 33.2 Å². The molecule has 0 N–H and O–H groups in total. The molecule has 0 radical (unpaired) electrons. The summed E-state index contributed by atoms with van der Waals surface area (Å²) >= 11 is 4.98. The summed E-state index contributed by atoms with van der Waals surface area (Å²) in [5.74, 6) is -0.0234. The Morgan fingerprint density at radius 1 is 1.50 bits per heavy atom. The Balaban J connectivity index is 2.19. The van der Waals surface area contributed by atoms with Crippen LogP contribution >= 0.6 is 27.3 Å². The van der Waals surface area contributed by atoms with Crippen LogP contribution in [0.15, 0.2) is 40.4 Å². The minimum atomic E-state index is -0.0234. The van der Waals surface area contributed by atoms with Crippen molar-refractivity contribution in [3.05, 3.63) is 50.9 Å². The van der Waals surface area contributed by atoms with E-state index in [0.717, 1.165) is 4.47 Å². The maximum atomic E-state index is 12.3. The predicted octanol–water partition coefficient (Wildman–Crippen LogP) is 3.74. The van der Waals surface area contributed by atoms with Crippen LogP contribution in [0.3, 0.4) is 0 Å². The first-order valence-corrected chi connectivity index (χ1v) is 7.18. The summed E-state index contributed by atoms with van der Waals surface area (Å²) in [5, 5.41) is 2.02. The molecule has 0 aliphatic heterocycles. The van der Waals surface area contributed by atoms with Gasteiger partial charge in [-0.15, -0.1) is 11.3 Å². The van der Waals surface area contributed by atoms with E-state index in [-0.39, 0.29) is 11.9 Å². The third-order valence-corrected chi connectivity index (χ3v) is 4.28. The first-order chi connectivity index (χ1) is 8.59. The Kier molecular flexibility index (Phi) is 4.14. The molecule has 0 saturated heterocycles. The fraction of sp³-hybridized carbons (Fsp3) is 0.231. The number of aromatic nitrogens is 1. The van der Waals surface area contributed by atoms with Gasteiger partial charge >= 0.3 is 0 Å². The highest BCUT2D eigenvalue weighted by Crippen LogP contribution is 2.24. The smallest absolute Gasteiger partial charge is 0.255 e. The van der Waals surface area contributed by atoms with Crippen molar-refractivity contribution < 1.29 is 4.79 Å². The Morgan fingerprint density at radius 2 is 2.28 bits per heavy atom. The van der Waals surface area contributed by atoms with Gasteiger partial charge in [-0.3, -0.25) is 9.78 Å². The molecule has 2 aromatic rings. The quantitative estimate of drug-likeness (QED) is 0.861. The van der Waals surface area contributed by atoms with E-state index in [1.807, 2.05) is 31.5 Å². The average molecular weight is 325 g/mol. The monoisotopic (exact) mass is 324 g/mol. The molecule has 0 fully saturated rings. The molecule has 0 saturated carbocycles. The molecule has 1 atom stereocenters. The topological polar surface area (TPSA) is 33.2 Å². The Bertz CT molecular complexity index is 542. The zero-order valence-electron chi connectivity index (χ0n) is 10.1. The Hall–Kier alpha value is -1.20. The molecule has 0 aliphatic rings. The zero-order chi connectivity index (χ0) is 13.1. The predicted molar refractivity (Wildman–Crippen MR) is 76.8 cm³/mol. The molecular formula is C13H13BrN2OS. The van der Waals surface area contributed by atoms with E-state index in [2.05, 4.69) is 20.9 Å². The van der Waals surface area contributed by atoms with Crippen LogP contribution < -0.4 is 0 Å². The molecule has 18 heavy (non-hydrogen) atoms. The van der Waals surface area contributed by atoms with Gasteiger partial charge in [0, 0.05) is 28.8 Å². The number of carbonyl (C=O) groups excluding carboxylic acids is 1. The molecule has 1 amide bonds. The standard InChI is InChI=1S/C13H13BrN2OS/c1-9(12-4-3-5-18-12)16(2)13(17)10-6-11(14)8-15-7-10/h3-9H,1-2H3/t9-/m1/s1. The molecule has 0 spiro atoms. The zero-order valence-corrected chi connectivity index (χ0v) is 12.5. The molecule has 0 bridgehead atoms. The minimum absolute atomic E-state index is 0.0234. The summed E-state index contributed by atoms with van der Waals surface area (Å²) in [6.45, 7) is 2.02. The van der Waals surface area contributed by atoms with Gasteiger partial charge in [0.2, 0.25) is 0 Å². The van der Waals surface area contributed by atoms with Gasteiger partial charge in [0.05, 0.1) is 11.6 Å². The number of halogens is 1. The van der Waals surface area contributed by atoms with Gasteiger partial charge in [-0.25, -0.2) is 0 Å². The van der Waals surface area contributed by atoms with Crippen LogP contribution in [0.1, 0.15) is 28.2 Å². The highest BCUT2D eigenvalue weighted by atomic mass is 79.9. The summed E-state index contributed by atoms with van der Waals surface area (Å²) < 4.78 is 0.811. The summed E-state index contributed by atoms with van der Waals surface area (Å²) in [4.78, 5) is 19.2. The van der Waals surface area contributed by atoms with E-state index in [1.165, 1.54) is 4.88 Å². The minimum Gasteiger partial charge on any atom is -0.334 e. The second kappa shape index (κ2) is 5.63. The lowest BCUT2D eigenvalue weighted by Crippen LogP contribution is -2.29. The second-order valence-corrected chi connectivity index (χ2v) is 5.89. The van der Waals surface area contributed by atoms with Gasteiger partial charge in [0.1, 0.15) is 0 Å². The van der Waals surface area contributed by atoms with E-state index in [0.29, 0.717) is 5.56 Å². The third-order valence-electron chi connectivity index (χ3n) is 2.81. The van der Waals surface area contributed by atoms with Crippen LogP contribution in [0.2, 0.25) is 0 Å². The molecule has 3 nitrogen and oxygen atoms in total. The normalized spacial score (nSPS) is 12.2. The van der Waals surface area contributed by atoms with Crippen molar-refractivity contribution in [3.8, 4) is 0 Å². The summed E-state index contributed by atoms with van der Waals surface area (Å²) in [6, 6.07) is 5.89. The van der Waals surface area contributed by atoms with Crippen molar-refractivity contribution in [2.45, 2.75) is 13.0 Å². The molecular weight excluding hydrogens is 312 g/mol. The summed E-state index contributed by atoms with van der Waals surface area (Å²) in [5.41, 5.74) is 0.593. The second-order valence-electron chi connectivity index (χ2n) is 4.00. The maximum absolute atomic E-state index is 12.3. The van der Waals surface area contributed by atoms with Crippen LogP contribution in [-0.2, 0) is 0 Å². The highest BCUT2D eigenvalue weighted by Gasteiger charge is 2.19. The Morgan fingerprint density at radius 3 is 2.89 bits per heavy atom. The molecule has 0 aromatic carbocycles. The van der Waals surface area contributed by atoms with Crippen molar-refractivity contribution in [2.75, 3.05) is 7.05 Å². The molecule has 0 aliphatic carbocycles. The van der Waals surface area contributed by atoms with Crippen LogP contribution in [0.4, 0.5) is 0 Å². The summed E-state index contributed by atoms with van der Waals surface area (Å²) in [7, 11) is 1.81. The SMILES string of the molecule is C[C@H](c1cccs1)N(C)C(=O)c1cncc(Br)c1. The lowest BCUT2D eigenvalue weighted by molar-refractivity contribution is 0.0744. The van der Waals surface area contributed by atoms with Crippen molar-refractivity contribution in [2.24, 2.45) is 0 Å². The molecule has 2 rings (SSSR count). The first-order valence-electron chi connectivity index (χ1n) is 5.50.